The topological polar surface area (TPSA) is 53.1 Å². The molecule has 0 bridgehead atoms. The molecule has 0 saturated carbocycles. The molecular formula is C11H10ClN3O. The Hall–Kier alpha value is -1.68. The lowest BCUT2D eigenvalue weighted by Gasteiger charge is -2.01. The second-order valence-corrected chi connectivity index (χ2v) is 4.08. The predicted octanol–water partition coefficient (Wildman–Crippen LogP) is 2.18. The summed E-state index contributed by atoms with van der Waals surface area (Å²) in [5, 5.41) is 0.672. The summed E-state index contributed by atoms with van der Waals surface area (Å²) in [6, 6.07) is 8.06. The SMILES string of the molecule is Nc1c(-c2cccc(Cl)c2)nc2n1CCO2. The van der Waals surface area contributed by atoms with E-state index >= 15 is 0 Å². The van der Waals surface area contributed by atoms with Crippen LogP contribution in [0.15, 0.2) is 24.3 Å². The van der Waals surface area contributed by atoms with Gasteiger partial charge in [0, 0.05) is 10.6 Å². The number of aromatic nitrogens is 2. The minimum Gasteiger partial charge on any atom is -0.463 e. The van der Waals surface area contributed by atoms with Gasteiger partial charge in [-0.1, -0.05) is 23.7 Å². The van der Waals surface area contributed by atoms with Crippen molar-refractivity contribution >= 4 is 17.4 Å². The Labute approximate surface area is 97.6 Å². The maximum atomic E-state index is 6.01. The Morgan fingerprint density at radius 1 is 1.44 bits per heavy atom. The number of nitrogens with zero attached hydrogens (tertiary/aromatic N) is 2. The molecule has 0 atom stereocenters. The van der Waals surface area contributed by atoms with Crippen molar-refractivity contribution in [1.82, 2.24) is 9.55 Å². The number of hydrogen-bond donors (Lipinski definition) is 1. The number of rotatable bonds is 1. The molecule has 0 aliphatic carbocycles. The number of hydrogen-bond acceptors (Lipinski definition) is 3. The molecule has 1 aromatic carbocycles. The molecule has 2 heterocycles. The molecule has 1 aromatic heterocycles. The van der Waals surface area contributed by atoms with Crippen LogP contribution in [0.25, 0.3) is 11.3 Å². The van der Waals surface area contributed by atoms with E-state index in [1.165, 1.54) is 0 Å². The third-order valence-corrected chi connectivity index (χ3v) is 2.85. The van der Waals surface area contributed by atoms with Crippen LogP contribution in [0.3, 0.4) is 0 Å². The van der Waals surface area contributed by atoms with Gasteiger partial charge >= 0.3 is 0 Å². The molecule has 2 N–H and O–H groups in total. The Balaban J connectivity index is 2.14. The highest BCUT2D eigenvalue weighted by atomic mass is 35.5. The maximum Gasteiger partial charge on any atom is 0.298 e. The van der Waals surface area contributed by atoms with Gasteiger partial charge in [-0.15, -0.1) is 0 Å². The molecule has 3 rings (SSSR count). The lowest BCUT2D eigenvalue weighted by atomic mass is 10.1. The minimum atomic E-state index is 0.590. The highest BCUT2D eigenvalue weighted by molar-refractivity contribution is 6.30. The molecule has 16 heavy (non-hydrogen) atoms. The van der Waals surface area contributed by atoms with Crippen LogP contribution in [0.1, 0.15) is 0 Å². The maximum absolute atomic E-state index is 6.01. The van der Waals surface area contributed by atoms with Crippen LogP contribution < -0.4 is 10.5 Å². The largest absolute Gasteiger partial charge is 0.463 e. The van der Waals surface area contributed by atoms with Crippen molar-refractivity contribution in [1.29, 1.82) is 0 Å². The number of fused-ring (bicyclic) bond motifs is 1. The zero-order valence-electron chi connectivity index (χ0n) is 8.48. The monoisotopic (exact) mass is 235 g/mol. The highest BCUT2D eigenvalue weighted by Gasteiger charge is 2.21. The first-order valence-electron chi connectivity index (χ1n) is 5.00. The van der Waals surface area contributed by atoms with Crippen molar-refractivity contribution in [2.24, 2.45) is 0 Å². The lowest BCUT2D eigenvalue weighted by Crippen LogP contribution is -2.00. The first-order chi connectivity index (χ1) is 7.75. The predicted molar refractivity (Wildman–Crippen MR) is 62.6 cm³/mol. The van der Waals surface area contributed by atoms with E-state index in [0.29, 0.717) is 23.5 Å². The number of nitrogen functional groups attached to an aromatic ring is 1. The molecule has 2 aromatic rings. The van der Waals surface area contributed by atoms with E-state index in [2.05, 4.69) is 4.98 Å². The second kappa shape index (κ2) is 3.42. The van der Waals surface area contributed by atoms with Crippen molar-refractivity contribution in [3.8, 4) is 17.3 Å². The summed E-state index contributed by atoms with van der Waals surface area (Å²) in [7, 11) is 0. The van der Waals surface area contributed by atoms with Crippen molar-refractivity contribution in [2.45, 2.75) is 6.54 Å². The van der Waals surface area contributed by atoms with E-state index in [1.807, 2.05) is 28.8 Å². The van der Waals surface area contributed by atoms with Gasteiger partial charge in [0.25, 0.3) is 6.01 Å². The van der Waals surface area contributed by atoms with Crippen molar-refractivity contribution in [3.63, 3.8) is 0 Å². The Bertz CT molecular complexity index is 550. The number of anilines is 1. The van der Waals surface area contributed by atoms with E-state index in [9.17, 15) is 0 Å². The number of benzene rings is 1. The highest BCUT2D eigenvalue weighted by Crippen LogP contribution is 2.32. The van der Waals surface area contributed by atoms with Gasteiger partial charge in [-0.3, -0.25) is 4.57 Å². The summed E-state index contributed by atoms with van der Waals surface area (Å²) < 4.78 is 7.22. The van der Waals surface area contributed by atoms with Crippen molar-refractivity contribution in [2.75, 3.05) is 12.3 Å². The molecule has 4 nitrogen and oxygen atoms in total. The van der Waals surface area contributed by atoms with Crippen molar-refractivity contribution in [3.05, 3.63) is 29.3 Å². The Morgan fingerprint density at radius 2 is 2.31 bits per heavy atom. The molecule has 0 spiro atoms. The quantitative estimate of drug-likeness (QED) is 0.824. The zero-order chi connectivity index (χ0) is 11.1. The fourth-order valence-corrected chi connectivity index (χ4v) is 2.04. The zero-order valence-corrected chi connectivity index (χ0v) is 9.24. The van der Waals surface area contributed by atoms with E-state index in [0.717, 1.165) is 17.8 Å². The summed E-state index contributed by atoms with van der Waals surface area (Å²) >= 11 is 5.93. The summed E-state index contributed by atoms with van der Waals surface area (Å²) in [4.78, 5) is 4.36. The van der Waals surface area contributed by atoms with Crippen LogP contribution in [0, 0.1) is 0 Å². The molecule has 5 heteroatoms. The number of imidazole rings is 1. The molecule has 0 fully saturated rings. The smallest absolute Gasteiger partial charge is 0.298 e. The third-order valence-electron chi connectivity index (χ3n) is 2.62. The molecular weight excluding hydrogens is 226 g/mol. The molecule has 1 aliphatic heterocycles. The van der Waals surface area contributed by atoms with E-state index in [-0.39, 0.29) is 0 Å². The van der Waals surface area contributed by atoms with E-state index < -0.39 is 0 Å². The van der Waals surface area contributed by atoms with Crippen LogP contribution in [-0.4, -0.2) is 16.2 Å². The summed E-state index contributed by atoms with van der Waals surface area (Å²) in [5.41, 5.74) is 7.66. The van der Waals surface area contributed by atoms with E-state index in [1.54, 1.807) is 0 Å². The van der Waals surface area contributed by atoms with Crippen LogP contribution in [0.5, 0.6) is 6.01 Å². The average molecular weight is 236 g/mol. The average Bonchev–Trinajstić information content (AvgIpc) is 2.82. The minimum absolute atomic E-state index is 0.590. The number of nitrogens with two attached hydrogens (primary N) is 1. The lowest BCUT2D eigenvalue weighted by molar-refractivity contribution is 0.345. The first-order valence-corrected chi connectivity index (χ1v) is 5.38. The van der Waals surface area contributed by atoms with Crippen LogP contribution in [0.4, 0.5) is 5.82 Å². The number of ether oxygens (including phenoxy) is 1. The fraction of sp³-hybridized carbons (Fsp3) is 0.182. The summed E-state index contributed by atoms with van der Waals surface area (Å²) in [6.45, 7) is 1.40. The van der Waals surface area contributed by atoms with Gasteiger partial charge in [0.15, 0.2) is 0 Å². The molecule has 1 aliphatic rings. The third kappa shape index (κ3) is 1.34. The molecule has 0 amide bonds. The second-order valence-electron chi connectivity index (χ2n) is 3.64. The summed E-state index contributed by atoms with van der Waals surface area (Å²) in [6.07, 6.45) is 0. The molecule has 0 radical (unpaired) electrons. The molecule has 0 saturated heterocycles. The fourth-order valence-electron chi connectivity index (χ4n) is 1.85. The van der Waals surface area contributed by atoms with Gasteiger partial charge in [-0.25, -0.2) is 0 Å². The van der Waals surface area contributed by atoms with E-state index in [4.69, 9.17) is 22.1 Å². The van der Waals surface area contributed by atoms with Gasteiger partial charge in [-0.2, -0.15) is 4.98 Å². The van der Waals surface area contributed by atoms with Gasteiger partial charge in [0.1, 0.15) is 18.1 Å². The van der Waals surface area contributed by atoms with Gasteiger partial charge < -0.3 is 10.5 Å². The molecule has 0 unspecified atom stereocenters. The standard InChI is InChI=1S/C11H10ClN3O/c12-8-3-1-2-7(6-8)9-10(13)15-4-5-16-11(15)14-9/h1-3,6H,4-5,13H2. The molecule has 82 valence electrons. The van der Waals surface area contributed by atoms with Crippen LogP contribution in [-0.2, 0) is 6.54 Å². The first kappa shape index (κ1) is 9.54. The Kier molecular flexibility index (Phi) is 2.04. The van der Waals surface area contributed by atoms with Gasteiger partial charge in [-0.05, 0) is 12.1 Å². The van der Waals surface area contributed by atoms with Gasteiger partial charge in [0.05, 0.1) is 6.54 Å². The number of halogens is 1. The van der Waals surface area contributed by atoms with Crippen LogP contribution >= 0.6 is 11.6 Å². The van der Waals surface area contributed by atoms with Gasteiger partial charge in [0.2, 0.25) is 0 Å². The Morgan fingerprint density at radius 3 is 3.06 bits per heavy atom. The van der Waals surface area contributed by atoms with Crippen LogP contribution in [0.2, 0.25) is 5.02 Å². The van der Waals surface area contributed by atoms with Crippen molar-refractivity contribution < 1.29 is 4.74 Å². The summed E-state index contributed by atoms with van der Waals surface area (Å²) in [5.74, 6) is 0.634. The normalized spacial score (nSPS) is 13.6.